The first-order chi connectivity index (χ1) is 17.1. The third kappa shape index (κ3) is 296. The lowest BCUT2D eigenvalue weighted by Crippen LogP contribution is -2.22. The van der Waals surface area contributed by atoms with Gasteiger partial charge in [0.1, 0.15) is 12.0 Å². The number of aliphatic hydroxyl groups excluding tert-OH is 1. The van der Waals surface area contributed by atoms with Crippen LogP contribution in [0.15, 0.2) is 8.73 Å². The van der Waals surface area contributed by atoms with Gasteiger partial charge in [-0.15, -0.1) is 11.6 Å². The second kappa shape index (κ2) is 55.8. The molecule has 0 aromatic rings. The molecule has 0 aromatic heterocycles. The molecule has 0 radical (unpaired) electrons. The molecule has 0 aliphatic carbocycles. The van der Waals surface area contributed by atoms with Gasteiger partial charge in [0.05, 0.1) is 17.1 Å². The first kappa shape index (κ1) is 64.0. The van der Waals surface area contributed by atoms with E-state index in [4.69, 9.17) is 57.1 Å². The number of halogens is 10. The summed E-state index contributed by atoms with van der Waals surface area (Å²) in [6.45, 7) is -0.250. The molecular weight excluding hydrogens is 868 g/mol. The van der Waals surface area contributed by atoms with E-state index in [2.05, 4.69) is 78.0 Å². The fourth-order valence-corrected chi connectivity index (χ4v) is 2.11. The van der Waals surface area contributed by atoms with Crippen molar-refractivity contribution in [1.29, 1.82) is 0 Å². The van der Waals surface area contributed by atoms with E-state index in [1.165, 1.54) is 0 Å². The van der Waals surface area contributed by atoms with Gasteiger partial charge in [0.2, 0.25) is 22.9 Å². The summed E-state index contributed by atoms with van der Waals surface area (Å²) in [7, 11) is 8.83. The number of aliphatic hydroxyl groups is 1. The summed E-state index contributed by atoms with van der Waals surface area (Å²) in [5, 5.41) is 7.35. The minimum Gasteiger partial charge on any atom is -0.382 e. The predicted octanol–water partition coefficient (Wildman–Crippen LogP) is 2.06. The van der Waals surface area contributed by atoms with E-state index in [9.17, 15) is 33.7 Å². The van der Waals surface area contributed by atoms with Gasteiger partial charge in [-0.2, -0.15) is 38.5 Å². The highest BCUT2D eigenvalue weighted by Gasteiger charge is 2.15. The van der Waals surface area contributed by atoms with Crippen LogP contribution in [0.4, 0.5) is 8.41 Å². The summed E-state index contributed by atoms with van der Waals surface area (Å²) in [6, 6.07) is 0.405. The zero-order valence-corrected chi connectivity index (χ0v) is 29.1. The number of alkyl halides is 3. The Kier molecular flexibility index (Phi) is 91.6. The standard InChI is InChI=1S/2CH2ClNOS.CH4ClN.CH5NO.CH4.2Cl2OS.ClFHNO4S2.FHO3S/c2*2-1-3-5-4;2*2-1-3;;2*1-4(2)3;1-8(4,5)3-9(2,6)7;1-4-5(2)3/h2*1H2;1,3H2;3H,1-2H2;1H4;;;3H;(H,2,3)/p+3. The van der Waals surface area contributed by atoms with Crippen molar-refractivity contribution < 1.29 is 60.3 Å². The van der Waals surface area contributed by atoms with Crippen LogP contribution in [0.5, 0.6) is 0 Å². The van der Waals surface area contributed by atoms with Crippen molar-refractivity contribution in [3.05, 3.63) is 0 Å². The summed E-state index contributed by atoms with van der Waals surface area (Å²) in [4.78, 5) is 0. The molecule has 0 aliphatic heterocycles. The summed E-state index contributed by atoms with van der Waals surface area (Å²) in [5.41, 5.74) is 9.02. The molecular formula is C5H22Cl8F2N5O12S7+3. The summed E-state index contributed by atoms with van der Waals surface area (Å²) >= 11 is 11.9. The van der Waals surface area contributed by atoms with Gasteiger partial charge in [0.25, 0.3) is 18.5 Å². The first-order valence-electron chi connectivity index (χ1n) is 6.41. The Morgan fingerprint density at radius 2 is 1.08 bits per heavy atom. The van der Waals surface area contributed by atoms with Gasteiger partial charge >= 0.3 is 31.0 Å². The molecule has 0 aromatic carbocycles. The van der Waals surface area contributed by atoms with Crippen LogP contribution in [0.2, 0.25) is 0 Å². The molecule has 7 N–H and O–H groups in total. The van der Waals surface area contributed by atoms with Crippen LogP contribution in [0, 0.1) is 0 Å². The number of rotatable bonds is 5. The molecule has 17 nitrogen and oxygen atoms in total. The maximum atomic E-state index is 11.3. The highest BCUT2D eigenvalue weighted by molar-refractivity contribution is 8.26. The van der Waals surface area contributed by atoms with Gasteiger partial charge < -0.3 is 16.6 Å². The maximum absolute atomic E-state index is 11.3. The second-order valence-corrected chi connectivity index (χ2v) is 14.0. The molecule has 0 aliphatic rings. The average molecular weight is 890 g/mol. The Bertz CT molecular complexity index is 796. The minimum absolute atomic E-state index is 0. The molecule has 0 saturated heterocycles. The minimum atomic E-state index is -5.25. The van der Waals surface area contributed by atoms with Gasteiger partial charge in [0.15, 0.2) is 42.7 Å². The lowest BCUT2D eigenvalue weighted by molar-refractivity contribution is -0.000744. The quantitative estimate of drug-likeness (QED) is 0.0660. The molecule has 0 amide bonds. The Balaban J connectivity index is -0.0000000387. The van der Waals surface area contributed by atoms with Gasteiger partial charge in [-0.05, 0) is 4.21 Å². The summed E-state index contributed by atoms with van der Waals surface area (Å²) < 4.78 is 121. The van der Waals surface area contributed by atoms with Crippen LogP contribution in [0.1, 0.15) is 7.43 Å². The smallest absolute Gasteiger partial charge is 0.382 e. The van der Waals surface area contributed by atoms with Crippen molar-refractivity contribution in [1.82, 2.24) is 4.13 Å². The van der Waals surface area contributed by atoms with Gasteiger partial charge in [-0.1, -0.05) is 47.1 Å². The molecule has 34 heteroatoms. The monoisotopic (exact) mass is 886 g/mol. The van der Waals surface area contributed by atoms with Gasteiger partial charge in [-0.25, -0.2) is 0 Å². The highest BCUT2D eigenvalue weighted by Crippen LogP contribution is 1.94. The van der Waals surface area contributed by atoms with Gasteiger partial charge in [0, 0.05) is 15.2 Å². The van der Waals surface area contributed by atoms with Crippen molar-refractivity contribution in [2.24, 2.45) is 20.2 Å². The predicted molar refractivity (Wildman–Crippen MR) is 160 cm³/mol. The van der Waals surface area contributed by atoms with Crippen molar-refractivity contribution in [2.45, 2.75) is 7.43 Å². The Morgan fingerprint density at radius 1 is 0.897 bits per heavy atom. The van der Waals surface area contributed by atoms with Crippen LogP contribution in [0.25, 0.3) is 0 Å². The third-order valence-electron chi connectivity index (χ3n) is 0.461. The molecule has 0 rings (SSSR count). The number of nitrogens with two attached hydrogens (primary N) is 2. The molecule has 1 atom stereocenters. The van der Waals surface area contributed by atoms with Gasteiger partial charge in [-0.3, -0.25) is 0 Å². The van der Waals surface area contributed by atoms with Crippen molar-refractivity contribution >= 4 is 161 Å². The Hall–Kier alpha value is 1.93. The van der Waals surface area contributed by atoms with Crippen LogP contribution < -0.4 is 15.6 Å². The summed E-state index contributed by atoms with van der Waals surface area (Å²) in [5.74, 6) is 0. The molecule has 0 bridgehead atoms. The van der Waals surface area contributed by atoms with Crippen molar-refractivity contribution in [2.75, 3.05) is 24.7 Å². The van der Waals surface area contributed by atoms with Crippen molar-refractivity contribution in [3.8, 4) is 0 Å². The molecule has 0 fully saturated rings. The van der Waals surface area contributed by atoms with E-state index in [0.29, 0.717) is 4.13 Å². The summed E-state index contributed by atoms with van der Waals surface area (Å²) in [6.07, 6.45) is 0. The molecule has 39 heavy (non-hydrogen) atoms. The second-order valence-electron chi connectivity index (χ2n) is 2.65. The van der Waals surface area contributed by atoms with E-state index in [1.807, 2.05) is 0 Å². The normalized spacial score (nSPS) is 9.44. The zero-order chi connectivity index (χ0) is 32.8. The highest BCUT2D eigenvalue weighted by atomic mass is 36.0. The number of hydrogen-bond donors (Lipinski definition) is 5. The topological polar surface area (TPSA) is 292 Å². The van der Waals surface area contributed by atoms with E-state index >= 15 is 0 Å². The zero-order valence-electron chi connectivity index (χ0n) is 17.1. The number of hydrogen-bond acceptors (Lipinski definition) is 15. The fourth-order valence-electron chi connectivity index (χ4n) is 0.159. The maximum Gasteiger partial charge on any atom is 0.386 e. The van der Waals surface area contributed by atoms with E-state index in [-0.39, 0.29) is 55.1 Å². The van der Waals surface area contributed by atoms with Crippen LogP contribution in [-0.4, -0.2) is 59.7 Å². The molecule has 0 heterocycles. The lowest BCUT2D eigenvalue weighted by atomic mass is 11.4. The SMILES string of the molecule is C.NCCl.NCO.O=S(=O)(F)NS(=O)(=O)Cl.O=S=NCCl.O=S=NCCl.O=[SH+](Cl)Cl.O=[SH+](Cl)Cl.O=[SH+](O)OF. The number of nitrogens with one attached hydrogen (secondary N) is 1. The van der Waals surface area contributed by atoms with Crippen LogP contribution in [-0.2, 0) is 89.4 Å². The number of thiol groups is 3. The average Bonchev–Trinajstić information content (AvgIpc) is 2.68. The first-order valence-corrected chi connectivity index (χ1v) is 20.4. The Morgan fingerprint density at radius 3 is 1.08 bits per heavy atom. The largest absolute Gasteiger partial charge is 0.386 e. The van der Waals surface area contributed by atoms with Crippen molar-refractivity contribution in [3.63, 3.8) is 0 Å². The van der Waals surface area contributed by atoms with E-state index in [1.54, 1.807) is 0 Å². The van der Waals surface area contributed by atoms with Crippen LogP contribution in [0.3, 0.4) is 0 Å². The fraction of sp³-hybridized carbons (Fsp3) is 1.00. The molecule has 1 unspecified atom stereocenters. The molecule has 248 valence electrons. The number of nitrogens with zero attached hydrogens (tertiary/aromatic N) is 2. The lowest BCUT2D eigenvalue weighted by Gasteiger charge is -1.88. The van der Waals surface area contributed by atoms with Crippen LogP contribution >= 0.6 is 88.2 Å². The van der Waals surface area contributed by atoms with E-state index in [0.717, 1.165) is 0 Å². The Labute approximate surface area is 274 Å². The molecule has 0 spiro atoms. The molecule has 0 saturated carbocycles. The third-order valence-corrected chi connectivity index (χ3v) is 3.73. The van der Waals surface area contributed by atoms with E-state index < -0.39 is 49.5 Å².